The molecule has 2 aliphatic heterocycles. The van der Waals surface area contributed by atoms with Gasteiger partial charge < -0.3 is 0 Å². The molecule has 2 aromatic carbocycles. The van der Waals surface area contributed by atoms with Crippen LogP contribution in [-0.2, 0) is 10.9 Å². The van der Waals surface area contributed by atoms with Crippen molar-refractivity contribution in [1.82, 2.24) is 0 Å². The van der Waals surface area contributed by atoms with Crippen LogP contribution in [0, 0.1) is 6.92 Å². The number of hydrogen-bond donors (Lipinski definition) is 0. The fraction of sp³-hybridized carbons (Fsp3) is 0.273. The van der Waals surface area contributed by atoms with Crippen molar-refractivity contribution >= 4 is 16.5 Å². The van der Waals surface area contributed by atoms with Crippen LogP contribution in [0.25, 0.3) is 5.57 Å². The molecule has 2 aromatic rings. The van der Waals surface area contributed by atoms with E-state index >= 15 is 0 Å². The quantitative estimate of drug-likeness (QED) is 0.479. The predicted octanol–water partition coefficient (Wildman–Crippen LogP) is 5.53. The second-order valence-electron chi connectivity index (χ2n) is 6.82. The predicted molar refractivity (Wildman–Crippen MR) is 102 cm³/mol. The Morgan fingerprint density at radius 2 is 1.61 bits per heavy atom. The molecule has 0 spiro atoms. The molecule has 0 amide bonds. The lowest BCUT2D eigenvalue weighted by Gasteiger charge is -2.29. The van der Waals surface area contributed by atoms with Crippen molar-refractivity contribution in [3.63, 3.8) is 0 Å². The number of benzene rings is 2. The average molecular weight is 319 g/mol. The molecule has 0 aliphatic carbocycles. The topological polar surface area (TPSA) is 0 Å². The average Bonchev–Trinajstić information content (AvgIpc) is 2.56. The monoisotopic (exact) mass is 319 g/mol. The zero-order chi connectivity index (χ0) is 16.0. The minimum Gasteiger partial charge on any atom is -0.0644 e. The van der Waals surface area contributed by atoms with Crippen molar-refractivity contribution in [1.29, 1.82) is 0 Å². The van der Waals surface area contributed by atoms with Crippen molar-refractivity contribution in [3.8, 4) is 0 Å². The first-order chi connectivity index (χ1) is 11.1. The molecule has 2 atom stereocenters. The van der Waals surface area contributed by atoms with E-state index in [0.717, 1.165) is 0 Å². The van der Waals surface area contributed by atoms with Crippen molar-refractivity contribution in [2.45, 2.75) is 37.3 Å². The summed E-state index contributed by atoms with van der Waals surface area (Å²) in [5.41, 5.74) is 8.76. The number of aryl methyl sites for hydroxylation is 1. The van der Waals surface area contributed by atoms with Gasteiger partial charge in [0.2, 0.25) is 0 Å². The first kappa shape index (κ1) is 14.8. The molecular formula is C22H23S+. The molecule has 0 saturated carbocycles. The summed E-state index contributed by atoms with van der Waals surface area (Å²) < 4.78 is 0. The smallest absolute Gasteiger partial charge is 0.0644 e. The molecule has 4 rings (SSSR count). The van der Waals surface area contributed by atoms with E-state index in [9.17, 15) is 0 Å². The van der Waals surface area contributed by atoms with E-state index in [1.165, 1.54) is 34.4 Å². The molecule has 0 fully saturated rings. The molecule has 0 saturated heterocycles. The third kappa shape index (κ3) is 2.57. The normalized spacial score (nSPS) is 23.2. The van der Waals surface area contributed by atoms with Gasteiger partial charge in [-0.05, 0) is 55.7 Å². The van der Waals surface area contributed by atoms with Gasteiger partial charge in [-0.3, -0.25) is 0 Å². The maximum absolute atomic E-state index is 2.56. The van der Waals surface area contributed by atoms with Gasteiger partial charge in [0.1, 0.15) is 11.0 Å². The second kappa shape index (κ2) is 5.72. The van der Waals surface area contributed by atoms with Crippen molar-refractivity contribution in [2.75, 3.05) is 5.75 Å². The van der Waals surface area contributed by atoms with Gasteiger partial charge in [-0.1, -0.05) is 47.5 Å². The largest absolute Gasteiger partial charge is 0.163 e. The van der Waals surface area contributed by atoms with E-state index < -0.39 is 0 Å². The molecule has 1 heteroatoms. The lowest BCUT2D eigenvalue weighted by molar-refractivity contribution is 0.930. The van der Waals surface area contributed by atoms with E-state index in [1.54, 1.807) is 16.0 Å². The Morgan fingerprint density at radius 1 is 0.870 bits per heavy atom. The summed E-state index contributed by atoms with van der Waals surface area (Å²) in [6.45, 7) is 6.79. The standard InChI is InChI=1S/C22H23S/c1-15-8-10-18(11-9-15)21-13-19-12-16(2)17(3)14-23(19)22-7-5-4-6-20(21)22/h4-11,13,19H,12,14H2,1-3H3/q+1. The van der Waals surface area contributed by atoms with Crippen LogP contribution in [0.3, 0.4) is 0 Å². The number of hydrogen-bond acceptors (Lipinski definition) is 0. The Kier molecular flexibility index (Phi) is 3.69. The molecule has 2 aliphatic rings. The first-order valence-electron chi connectivity index (χ1n) is 8.36. The minimum atomic E-state index is 0.339. The molecule has 0 aromatic heterocycles. The van der Waals surface area contributed by atoms with E-state index in [1.807, 2.05) is 0 Å². The lowest BCUT2D eigenvalue weighted by atomic mass is 9.94. The van der Waals surface area contributed by atoms with Gasteiger partial charge in [-0.15, -0.1) is 0 Å². The molecule has 0 N–H and O–H groups in total. The molecular weight excluding hydrogens is 296 g/mol. The molecule has 23 heavy (non-hydrogen) atoms. The highest BCUT2D eigenvalue weighted by atomic mass is 32.2. The molecule has 2 heterocycles. The Hall–Kier alpha value is -1.73. The van der Waals surface area contributed by atoms with Gasteiger partial charge in [0.05, 0.1) is 0 Å². The van der Waals surface area contributed by atoms with Crippen LogP contribution in [0.2, 0.25) is 0 Å². The summed E-state index contributed by atoms with van der Waals surface area (Å²) in [5, 5.41) is 0.671. The summed E-state index contributed by atoms with van der Waals surface area (Å²) in [5.74, 6) is 1.24. The van der Waals surface area contributed by atoms with E-state index in [0.29, 0.717) is 16.1 Å². The van der Waals surface area contributed by atoms with Crippen LogP contribution in [-0.4, -0.2) is 11.0 Å². The van der Waals surface area contributed by atoms with E-state index in [2.05, 4.69) is 75.4 Å². The highest BCUT2D eigenvalue weighted by Crippen LogP contribution is 2.42. The Balaban J connectivity index is 1.86. The Labute approximate surface area is 142 Å². The van der Waals surface area contributed by atoms with Gasteiger partial charge in [0.15, 0.2) is 4.90 Å². The maximum atomic E-state index is 2.56. The van der Waals surface area contributed by atoms with Crippen LogP contribution >= 0.6 is 0 Å². The minimum absolute atomic E-state index is 0.339. The molecule has 0 bridgehead atoms. The first-order valence-corrected chi connectivity index (χ1v) is 9.82. The van der Waals surface area contributed by atoms with Crippen LogP contribution in [0.15, 0.2) is 70.6 Å². The van der Waals surface area contributed by atoms with Crippen LogP contribution in [0.5, 0.6) is 0 Å². The van der Waals surface area contributed by atoms with Crippen molar-refractivity contribution < 1.29 is 0 Å². The highest BCUT2D eigenvalue weighted by molar-refractivity contribution is 7.98. The molecule has 0 nitrogen and oxygen atoms in total. The van der Waals surface area contributed by atoms with Gasteiger partial charge in [0, 0.05) is 22.9 Å². The van der Waals surface area contributed by atoms with Crippen molar-refractivity contribution in [2.24, 2.45) is 0 Å². The summed E-state index contributed by atoms with van der Waals surface area (Å²) in [6, 6.07) is 18.1. The Morgan fingerprint density at radius 3 is 2.39 bits per heavy atom. The summed E-state index contributed by atoms with van der Waals surface area (Å²) in [6.07, 6.45) is 3.78. The van der Waals surface area contributed by atoms with Gasteiger partial charge in [-0.2, -0.15) is 0 Å². The zero-order valence-electron chi connectivity index (χ0n) is 14.1. The number of fused-ring (bicyclic) bond motifs is 3. The maximum Gasteiger partial charge on any atom is 0.163 e. The molecule has 116 valence electrons. The fourth-order valence-corrected chi connectivity index (χ4v) is 6.47. The molecule has 2 unspecified atom stereocenters. The zero-order valence-corrected chi connectivity index (χ0v) is 14.9. The third-order valence-electron chi connectivity index (χ3n) is 5.15. The van der Waals surface area contributed by atoms with Crippen LogP contribution < -0.4 is 0 Å². The second-order valence-corrected chi connectivity index (χ2v) is 9.01. The Bertz CT molecular complexity index is 808. The summed E-state index contributed by atoms with van der Waals surface area (Å²) >= 11 is 0. The van der Waals surface area contributed by atoms with Gasteiger partial charge in [-0.25, -0.2) is 0 Å². The number of allylic oxidation sites excluding steroid dienone is 1. The fourth-order valence-electron chi connectivity index (χ4n) is 3.60. The van der Waals surface area contributed by atoms with E-state index in [4.69, 9.17) is 0 Å². The highest BCUT2D eigenvalue weighted by Gasteiger charge is 2.41. The number of rotatable bonds is 1. The lowest BCUT2D eigenvalue weighted by Crippen LogP contribution is -2.32. The van der Waals surface area contributed by atoms with Gasteiger partial charge in [0.25, 0.3) is 0 Å². The SMILES string of the molecule is CC1=C(C)C[S+]2c3ccccc3C(c3ccc(C)cc3)=CC2C1. The van der Waals surface area contributed by atoms with Crippen LogP contribution in [0.4, 0.5) is 0 Å². The van der Waals surface area contributed by atoms with E-state index in [-0.39, 0.29) is 0 Å². The van der Waals surface area contributed by atoms with Crippen molar-refractivity contribution in [3.05, 3.63) is 82.4 Å². The summed E-state index contributed by atoms with van der Waals surface area (Å²) in [4.78, 5) is 1.57. The third-order valence-corrected chi connectivity index (χ3v) is 7.85. The summed E-state index contributed by atoms with van der Waals surface area (Å²) in [7, 11) is 0.339. The van der Waals surface area contributed by atoms with Gasteiger partial charge >= 0.3 is 0 Å². The van der Waals surface area contributed by atoms with Crippen LogP contribution in [0.1, 0.15) is 37.0 Å². The molecule has 0 radical (unpaired) electrons.